The maximum absolute atomic E-state index is 3.81. The highest BCUT2D eigenvalue weighted by Gasteiger charge is 1.86. The Bertz CT molecular complexity index is 79.0. The summed E-state index contributed by atoms with van der Waals surface area (Å²) >= 11 is 0. The molecule has 0 aliphatic heterocycles. The van der Waals surface area contributed by atoms with Crippen LogP contribution in [-0.2, 0) is 0 Å². The largest absolute Gasteiger partial charge is 0.326 e. The summed E-state index contributed by atoms with van der Waals surface area (Å²) in [7, 11) is 0. The first-order chi connectivity index (χ1) is 4.31. The Morgan fingerprint density at radius 1 is 1.44 bits per heavy atom. The zero-order valence-electron chi connectivity index (χ0n) is 6.33. The van der Waals surface area contributed by atoms with Gasteiger partial charge in [0.1, 0.15) is 0 Å². The van der Waals surface area contributed by atoms with Crippen molar-refractivity contribution < 1.29 is 0 Å². The molecule has 0 bridgehead atoms. The molecule has 0 atom stereocenters. The smallest absolute Gasteiger partial charge is 0.0190 e. The quantitative estimate of drug-likeness (QED) is 0.547. The van der Waals surface area contributed by atoms with Crippen molar-refractivity contribution in [1.29, 1.82) is 0 Å². The van der Waals surface area contributed by atoms with Crippen LogP contribution in [-0.4, -0.2) is 6.54 Å². The second kappa shape index (κ2) is 5.63. The monoisotopic (exact) mass is 128 g/mol. The van der Waals surface area contributed by atoms with E-state index in [-0.39, 0.29) is 0 Å². The predicted octanol–water partition coefficient (Wildman–Crippen LogP) is 1.41. The highest BCUT2D eigenvalue weighted by Crippen LogP contribution is 1.93. The lowest BCUT2D eigenvalue weighted by Gasteiger charge is -2.06. The normalized spacial score (nSPS) is 9.11. The van der Waals surface area contributed by atoms with Gasteiger partial charge in [0, 0.05) is 12.2 Å². The van der Waals surface area contributed by atoms with Crippen LogP contribution in [0, 0.1) is 0 Å². The second-order valence-corrected chi connectivity index (χ2v) is 2.01. The van der Waals surface area contributed by atoms with Crippen molar-refractivity contribution in [2.45, 2.75) is 26.7 Å². The second-order valence-electron chi connectivity index (χ2n) is 2.01. The van der Waals surface area contributed by atoms with E-state index in [0.717, 1.165) is 25.1 Å². The summed E-state index contributed by atoms with van der Waals surface area (Å²) in [5, 5.41) is 0. The summed E-state index contributed by atoms with van der Waals surface area (Å²) in [6.07, 6.45) is 2.20. The van der Waals surface area contributed by atoms with Crippen molar-refractivity contribution in [1.82, 2.24) is 10.9 Å². The van der Waals surface area contributed by atoms with Gasteiger partial charge in [0.15, 0.2) is 0 Å². The van der Waals surface area contributed by atoms with Crippen LogP contribution in [0.25, 0.3) is 0 Å². The maximum atomic E-state index is 3.81. The number of allylic oxidation sites excluding steroid dienone is 1. The van der Waals surface area contributed by atoms with Crippen molar-refractivity contribution >= 4 is 0 Å². The fourth-order valence-electron chi connectivity index (χ4n) is 0.578. The molecule has 0 saturated carbocycles. The van der Waals surface area contributed by atoms with Crippen molar-refractivity contribution in [2.24, 2.45) is 0 Å². The van der Waals surface area contributed by atoms with Crippen molar-refractivity contribution in [3.63, 3.8) is 0 Å². The third-order valence-electron chi connectivity index (χ3n) is 0.994. The average molecular weight is 128 g/mol. The Kier molecular flexibility index (Phi) is 5.32. The van der Waals surface area contributed by atoms with Crippen molar-refractivity contribution in [3.05, 3.63) is 12.3 Å². The minimum atomic E-state index is 0.933. The fourth-order valence-corrected chi connectivity index (χ4v) is 0.578. The summed E-state index contributed by atoms with van der Waals surface area (Å²) in [4.78, 5) is 0. The highest BCUT2D eigenvalue weighted by atomic mass is 15.3. The van der Waals surface area contributed by atoms with Gasteiger partial charge >= 0.3 is 0 Å². The van der Waals surface area contributed by atoms with Crippen molar-refractivity contribution in [2.75, 3.05) is 6.54 Å². The molecule has 2 nitrogen and oxygen atoms in total. The highest BCUT2D eigenvalue weighted by molar-refractivity contribution is 4.87. The molecule has 54 valence electrons. The molecule has 0 saturated heterocycles. The molecule has 0 aliphatic rings. The summed E-state index contributed by atoms with van der Waals surface area (Å²) in [5.74, 6) is 0. The Hall–Kier alpha value is -0.500. The molecule has 0 aromatic heterocycles. The van der Waals surface area contributed by atoms with Crippen LogP contribution < -0.4 is 10.9 Å². The molecule has 0 aromatic rings. The predicted molar refractivity (Wildman–Crippen MR) is 40.9 cm³/mol. The Morgan fingerprint density at radius 2 is 2.11 bits per heavy atom. The summed E-state index contributed by atoms with van der Waals surface area (Å²) in [5.41, 5.74) is 7.04. The first-order valence-electron chi connectivity index (χ1n) is 3.47. The fraction of sp³-hybridized carbons (Fsp3) is 0.714. The Balaban J connectivity index is 3.06. The number of hydrogen-bond acceptors (Lipinski definition) is 2. The molecule has 0 spiro atoms. The molecule has 0 heterocycles. The van der Waals surface area contributed by atoms with Crippen LogP contribution >= 0.6 is 0 Å². The van der Waals surface area contributed by atoms with Crippen molar-refractivity contribution in [3.8, 4) is 0 Å². The van der Waals surface area contributed by atoms with E-state index in [1.54, 1.807) is 0 Å². The van der Waals surface area contributed by atoms with Gasteiger partial charge in [0.05, 0.1) is 0 Å². The molecule has 2 heteroatoms. The van der Waals surface area contributed by atoms with Crippen LogP contribution in [0.1, 0.15) is 26.7 Å². The Labute approximate surface area is 57.3 Å². The summed E-state index contributed by atoms with van der Waals surface area (Å²) in [6, 6.07) is 0. The minimum absolute atomic E-state index is 0.933. The lowest BCUT2D eigenvalue weighted by molar-refractivity contribution is 0.601. The van der Waals surface area contributed by atoms with E-state index in [1.165, 1.54) is 0 Å². The van der Waals surface area contributed by atoms with Gasteiger partial charge in [-0.15, -0.1) is 0 Å². The summed E-state index contributed by atoms with van der Waals surface area (Å²) in [6.45, 7) is 8.93. The molecule has 9 heavy (non-hydrogen) atoms. The molecular formula is C7H16N2. The first kappa shape index (κ1) is 8.50. The molecule has 0 radical (unpaired) electrons. The van der Waals surface area contributed by atoms with E-state index < -0.39 is 0 Å². The van der Waals surface area contributed by atoms with Crippen LogP contribution in [0.15, 0.2) is 12.3 Å². The number of rotatable bonds is 5. The van der Waals surface area contributed by atoms with Gasteiger partial charge in [0.2, 0.25) is 0 Å². The zero-order valence-corrected chi connectivity index (χ0v) is 6.33. The number of nitrogens with one attached hydrogen (secondary N) is 2. The standard InChI is InChI=1S/C7H16N2/c1-4-6-7(3)9-8-5-2/h8-9H,3-6H2,1-2H3. The minimum Gasteiger partial charge on any atom is -0.326 e. The van der Waals surface area contributed by atoms with Crippen LogP contribution in [0.3, 0.4) is 0 Å². The van der Waals surface area contributed by atoms with Gasteiger partial charge in [-0.1, -0.05) is 26.8 Å². The lowest BCUT2D eigenvalue weighted by Crippen LogP contribution is -2.29. The molecule has 0 aromatic carbocycles. The van der Waals surface area contributed by atoms with Gasteiger partial charge in [-0.05, 0) is 6.42 Å². The molecule has 0 fully saturated rings. The number of hydrogen-bond donors (Lipinski definition) is 2. The van der Waals surface area contributed by atoms with Crippen LogP contribution in [0.5, 0.6) is 0 Å². The molecule has 0 amide bonds. The Morgan fingerprint density at radius 3 is 2.56 bits per heavy atom. The van der Waals surface area contributed by atoms with Crippen LogP contribution in [0.2, 0.25) is 0 Å². The molecular weight excluding hydrogens is 112 g/mol. The number of hydrazine groups is 1. The van der Waals surface area contributed by atoms with Gasteiger partial charge in [-0.3, -0.25) is 0 Å². The van der Waals surface area contributed by atoms with E-state index in [4.69, 9.17) is 0 Å². The third kappa shape index (κ3) is 5.37. The van der Waals surface area contributed by atoms with E-state index in [9.17, 15) is 0 Å². The lowest BCUT2D eigenvalue weighted by atomic mass is 10.3. The van der Waals surface area contributed by atoms with Gasteiger partial charge in [-0.2, -0.15) is 0 Å². The third-order valence-corrected chi connectivity index (χ3v) is 0.994. The summed E-state index contributed by atoms with van der Waals surface area (Å²) < 4.78 is 0. The van der Waals surface area contributed by atoms with Gasteiger partial charge in [0.25, 0.3) is 0 Å². The maximum Gasteiger partial charge on any atom is 0.0190 e. The molecule has 0 rings (SSSR count). The molecule has 0 aliphatic carbocycles. The molecule has 2 N–H and O–H groups in total. The zero-order chi connectivity index (χ0) is 7.11. The van der Waals surface area contributed by atoms with Crippen LogP contribution in [0.4, 0.5) is 0 Å². The van der Waals surface area contributed by atoms with E-state index in [2.05, 4.69) is 24.4 Å². The van der Waals surface area contributed by atoms with E-state index in [1.807, 2.05) is 6.92 Å². The molecule has 0 unspecified atom stereocenters. The first-order valence-corrected chi connectivity index (χ1v) is 3.47. The average Bonchev–Trinajstić information content (AvgIpc) is 1.85. The van der Waals surface area contributed by atoms with Gasteiger partial charge in [-0.25, -0.2) is 5.43 Å². The van der Waals surface area contributed by atoms with E-state index in [0.29, 0.717) is 0 Å². The van der Waals surface area contributed by atoms with Gasteiger partial charge < -0.3 is 5.43 Å². The van der Waals surface area contributed by atoms with E-state index >= 15 is 0 Å². The topological polar surface area (TPSA) is 24.1 Å². The SMILES string of the molecule is C=C(CCC)NNCC.